The maximum atomic E-state index is 12.8. The largest absolute Gasteiger partial charge is 0.416 e. The number of aromatic nitrogens is 4. The van der Waals surface area contributed by atoms with Crippen LogP contribution in [0.1, 0.15) is 29.8 Å². The van der Waals surface area contributed by atoms with Crippen LogP contribution in [0, 0.1) is 17.0 Å². The Hall–Kier alpha value is -3.70. The highest BCUT2D eigenvalue weighted by atomic mass is 19.4. The molecule has 0 saturated heterocycles. The van der Waals surface area contributed by atoms with E-state index in [0.29, 0.717) is 11.3 Å². The van der Waals surface area contributed by atoms with Crippen molar-refractivity contribution in [2.24, 2.45) is 0 Å². The van der Waals surface area contributed by atoms with Gasteiger partial charge in [-0.3, -0.25) is 24.3 Å². The predicted octanol–water partition coefficient (Wildman–Crippen LogP) is 3.56. The number of nitrogens with one attached hydrogen (secondary N) is 1. The van der Waals surface area contributed by atoms with Crippen LogP contribution in [0.3, 0.4) is 0 Å². The molecule has 9 nitrogen and oxygen atoms in total. The Morgan fingerprint density at radius 1 is 1.33 bits per heavy atom. The van der Waals surface area contributed by atoms with Crippen LogP contribution in [0.15, 0.2) is 42.9 Å². The molecule has 12 heteroatoms. The van der Waals surface area contributed by atoms with Gasteiger partial charge in [0.15, 0.2) is 0 Å². The lowest BCUT2D eigenvalue weighted by Gasteiger charge is -2.11. The number of alkyl halides is 3. The van der Waals surface area contributed by atoms with E-state index < -0.39 is 28.6 Å². The Morgan fingerprint density at radius 3 is 2.70 bits per heavy atom. The Morgan fingerprint density at radius 2 is 2.07 bits per heavy atom. The van der Waals surface area contributed by atoms with E-state index in [1.165, 1.54) is 47.9 Å². The number of halogens is 3. The molecule has 0 saturated carbocycles. The summed E-state index contributed by atoms with van der Waals surface area (Å²) in [6.07, 6.45) is -0.428. The zero-order valence-electron chi connectivity index (χ0n) is 15.9. The fraction of sp³-hybridized carbons (Fsp3) is 0.278. The molecule has 1 N–H and O–H groups in total. The summed E-state index contributed by atoms with van der Waals surface area (Å²) in [5.41, 5.74) is -0.0223. The molecule has 1 amide bonds. The van der Waals surface area contributed by atoms with Crippen LogP contribution < -0.4 is 5.32 Å². The second kappa shape index (κ2) is 7.97. The summed E-state index contributed by atoms with van der Waals surface area (Å²) in [6, 6.07) is 4.06. The van der Waals surface area contributed by atoms with E-state index in [0.717, 1.165) is 12.1 Å². The summed E-state index contributed by atoms with van der Waals surface area (Å²) in [6.45, 7) is 3.08. The van der Waals surface area contributed by atoms with Crippen LogP contribution in [0.2, 0.25) is 0 Å². The first-order chi connectivity index (χ1) is 14.0. The van der Waals surface area contributed by atoms with E-state index in [9.17, 15) is 28.1 Å². The summed E-state index contributed by atoms with van der Waals surface area (Å²) in [5, 5.41) is 21.6. The standard InChI is InChI=1S/C18H17F3N6O3/c1-11-16(27(29)30)10-26(24-11)12(2)17(28)23-15-7-22-25(9-15)8-13-4-3-5-14(6-13)18(19,20)21/h3-7,9-10,12H,8H2,1-2H3,(H,23,28). The maximum absolute atomic E-state index is 12.8. The molecule has 0 aliphatic rings. The van der Waals surface area contributed by atoms with Crippen molar-refractivity contribution in [3.8, 4) is 0 Å². The van der Waals surface area contributed by atoms with E-state index in [2.05, 4.69) is 15.5 Å². The van der Waals surface area contributed by atoms with Gasteiger partial charge in [0.05, 0.1) is 28.9 Å². The van der Waals surface area contributed by atoms with E-state index in [4.69, 9.17) is 0 Å². The van der Waals surface area contributed by atoms with Gasteiger partial charge in [-0.25, -0.2) is 0 Å². The molecule has 3 aromatic rings. The van der Waals surface area contributed by atoms with Gasteiger partial charge >= 0.3 is 11.9 Å². The highest BCUT2D eigenvalue weighted by Gasteiger charge is 2.30. The summed E-state index contributed by atoms with van der Waals surface area (Å²) >= 11 is 0. The van der Waals surface area contributed by atoms with Gasteiger partial charge < -0.3 is 5.32 Å². The monoisotopic (exact) mass is 422 g/mol. The molecule has 0 bridgehead atoms. The molecule has 1 unspecified atom stereocenters. The lowest BCUT2D eigenvalue weighted by Crippen LogP contribution is -2.24. The third kappa shape index (κ3) is 4.64. The van der Waals surface area contributed by atoms with Gasteiger partial charge in [0.25, 0.3) is 0 Å². The minimum atomic E-state index is -4.44. The molecular weight excluding hydrogens is 405 g/mol. The molecule has 0 aliphatic heterocycles. The minimum absolute atomic E-state index is 0.0832. The van der Waals surface area contributed by atoms with E-state index >= 15 is 0 Å². The Balaban J connectivity index is 1.67. The number of aryl methyl sites for hydroxylation is 1. The van der Waals surface area contributed by atoms with Gasteiger partial charge in [0.1, 0.15) is 17.9 Å². The molecule has 2 heterocycles. The summed E-state index contributed by atoms with van der Waals surface area (Å²) in [4.78, 5) is 22.8. The number of hydrogen-bond acceptors (Lipinski definition) is 5. The molecule has 0 spiro atoms. The van der Waals surface area contributed by atoms with Crippen molar-refractivity contribution in [1.29, 1.82) is 0 Å². The number of benzene rings is 1. The van der Waals surface area contributed by atoms with E-state index in [1.807, 2.05) is 0 Å². The maximum Gasteiger partial charge on any atom is 0.416 e. The van der Waals surface area contributed by atoms with Gasteiger partial charge in [-0.15, -0.1) is 0 Å². The predicted molar refractivity (Wildman–Crippen MR) is 99.7 cm³/mol. The zero-order valence-corrected chi connectivity index (χ0v) is 15.9. The first-order valence-corrected chi connectivity index (χ1v) is 8.74. The van der Waals surface area contributed by atoms with Crippen LogP contribution in [0.4, 0.5) is 24.5 Å². The lowest BCUT2D eigenvalue weighted by molar-refractivity contribution is -0.385. The number of hydrogen-bond donors (Lipinski definition) is 1. The lowest BCUT2D eigenvalue weighted by atomic mass is 10.1. The van der Waals surface area contributed by atoms with E-state index in [-0.39, 0.29) is 17.9 Å². The highest BCUT2D eigenvalue weighted by molar-refractivity contribution is 5.93. The normalized spacial score (nSPS) is 12.6. The molecule has 30 heavy (non-hydrogen) atoms. The summed E-state index contributed by atoms with van der Waals surface area (Å²) in [5.74, 6) is -0.481. The van der Waals surface area contributed by atoms with Gasteiger partial charge in [-0.1, -0.05) is 12.1 Å². The van der Waals surface area contributed by atoms with Crippen LogP contribution >= 0.6 is 0 Å². The number of amides is 1. The van der Waals surface area contributed by atoms with E-state index in [1.54, 1.807) is 6.07 Å². The highest BCUT2D eigenvalue weighted by Crippen LogP contribution is 2.29. The molecule has 3 rings (SSSR count). The average molecular weight is 422 g/mol. The first kappa shape index (κ1) is 21.0. The van der Waals surface area contributed by atoms with Crippen molar-refractivity contribution in [3.05, 3.63) is 69.8 Å². The van der Waals surface area contributed by atoms with Crippen molar-refractivity contribution >= 4 is 17.3 Å². The molecule has 158 valence electrons. The second-order valence-electron chi connectivity index (χ2n) is 6.63. The van der Waals surface area contributed by atoms with Crippen molar-refractivity contribution in [2.75, 3.05) is 5.32 Å². The third-order valence-electron chi connectivity index (χ3n) is 4.36. The number of anilines is 1. The van der Waals surface area contributed by atoms with Crippen molar-refractivity contribution in [2.45, 2.75) is 32.6 Å². The van der Waals surface area contributed by atoms with Gasteiger partial charge in [0.2, 0.25) is 5.91 Å². The summed E-state index contributed by atoms with van der Waals surface area (Å²) < 4.78 is 41.1. The van der Waals surface area contributed by atoms with Crippen LogP contribution in [0.25, 0.3) is 0 Å². The fourth-order valence-corrected chi connectivity index (χ4v) is 2.76. The van der Waals surface area contributed by atoms with Crippen molar-refractivity contribution in [1.82, 2.24) is 19.6 Å². The van der Waals surface area contributed by atoms with Crippen LogP contribution in [-0.2, 0) is 17.5 Å². The molecule has 1 aromatic carbocycles. The van der Waals surface area contributed by atoms with Gasteiger partial charge in [-0.05, 0) is 31.5 Å². The second-order valence-corrected chi connectivity index (χ2v) is 6.63. The molecule has 1 atom stereocenters. The molecule has 0 aliphatic carbocycles. The number of nitro groups is 1. The van der Waals surface area contributed by atoms with Crippen molar-refractivity contribution < 1.29 is 22.9 Å². The van der Waals surface area contributed by atoms with Crippen LogP contribution in [-0.4, -0.2) is 30.4 Å². The third-order valence-corrected chi connectivity index (χ3v) is 4.36. The Bertz CT molecular complexity index is 1090. The first-order valence-electron chi connectivity index (χ1n) is 8.74. The molecular formula is C18H17F3N6O3. The van der Waals surface area contributed by atoms with Crippen LogP contribution in [0.5, 0.6) is 0 Å². The van der Waals surface area contributed by atoms with Gasteiger partial charge in [0, 0.05) is 6.20 Å². The number of nitrogens with zero attached hydrogens (tertiary/aromatic N) is 5. The zero-order chi connectivity index (χ0) is 22.1. The number of carbonyl (C=O) groups is 1. The SMILES string of the molecule is Cc1nn(C(C)C(=O)Nc2cnn(Cc3cccc(C(F)(F)F)c3)c2)cc1[N+](=O)[O-]. The minimum Gasteiger partial charge on any atom is -0.322 e. The number of carbonyl (C=O) groups excluding carboxylic acids is 1. The number of rotatable bonds is 6. The molecule has 0 radical (unpaired) electrons. The molecule has 2 aromatic heterocycles. The van der Waals surface area contributed by atoms with Crippen molar-refractivity contribution in [3.63, 3.8) is 0 Å². The smallest absolute Gasteiger partial charge is 0.322 e. The Kier molecular flexibility index (Phi) is 5.58. The van der Waals surface area contributed by atoms with Gasteiger partial charge in [-0.2, -0.15) is 23.4 Å². The topological polar surface area (TPSA) is 108 Å². The molecule has 0 fully saturated rings. The average Bonchev–Trinajstić information content (AvgIpc) is 3.27. The quantitative estimate of drug-likeness (QED) is 0.483. The summed E-state index contributed by atoms with van der Waals surface area (Å²) in [7, 11) is 0. The Labute approximate surface area is 168 Å². The fourth-order valence-electron chi connectivity index (χ4n) is 2.76.